The van der Waals surface area contributed by atoms with Gasteiger partial charge in [-0.2, -0.15) is 0 Å². The Hall–Kier alpha value is -1.10. The van der Waals surface area contributed by atoms with Crippen LogP contribution in [0, 0.1) is 5.41 Å². The van der Waals surface area contributed by atoms with Gasteiger partial charge in [-0.1, -0.05) is 0 Å². The van der Waals surface area contributed by atoms with Gasteiger partial charge in [0.25, 0.3) is 0 Å². The molecule has 0 saturated carbocycles. The highest BCUT2D eigenvalue weighted by molar-refractivity contribution is 5.75. The highest BCUT2D eigenvalue weighted by Crippen LogP contribution is 2.15. The van der Waals surface area contributed by atoms with Crippen molar-refractivity contribution in [2.75, 3.05) is 33.8 Å². The lowest BCUT2D eigenvalue weighted by Gasteiger charge is -2.29. The Kier molecular flexibility index (Phi) is 5.61. The largest absolute Gasteiger partial charge is 0.481 e. The molecule has 0 aromatic rings. The second-order valence-electron chi connectivity index (χ2n) is 5.91. The zero-order chi connectivity index (χ0) is 13.7. The maximum Gasteiger partial charge on any atom is 0.311 e. The number of carbonyl (C=O) groups is 2. The first-order valence-electron chi connectivity index (χ1n) is 5.76. The molecule has 0 amide bonds. The molecule has 0 aliphatic carbocycles. The van der Waals surface area contributed by atoms with Crippen molar-refractivity contribution in [1.29, 1.82) is 0 Å². The predicted octanol–water partition coefficient (Wildman–Crippen LogP) is 1.13. The number of carboxylic acid groups (broad SMARTS) is 1. The van der Waals surface area contributed by atoms with Crippen molar-refractivity contribution in [2.24, 2.45) is 5.41 Å². The smallest absolute Gasteiger partial charge is 0.311 e. The van der Waals surface area contributed by atoms with Crippen LogP contribution in [0.15, 0.2) is 0 Å². The van der Waals surface area contributed by atoms with Crippen LogP contribution in [-0.2, 0) is 14.3 Å². The number of esters is 1. The number of hydrogen-bond donors (Lipinski definition) is 1. The van der Waals surface area contributed by atoms with Crippen molar-refractivity contribution in [3.05, 3.63) is 0 Å². The van der Waals surface area contributed by atoms with E-state index in [1.54, 1.807) is 20.8 Å². The molecular weight excluding hydrogens is 222 g/mol. The van der Waals surface area contributed by atoms with Gasteiger partial charge in [-0.05, 0) is 20.8 Å². The van der Waals surface area contributed by atoms with Gasteiger partial charge < -0.3 is 14.3 Å². The van der Waals surface area contributed by atoms with Gasteiger partial charge in [0.2, 0.25) is 0 Å². The fraction of sp³-hybridized carbons (Fsp3) is 0.833. The quantitative estimate of drug-likeness (QED) is 0.563. The van der Waals surface area contributed by atoms with Crippen LogP contribution in [0.1, 0.15) is 27.2 Å². The summed E-state index contributed by atoms with van der Waals surface area (Å²) in [5.74, 6) is -1.03. The molecular formula is C12H24NO4+. The van der Waals surface area contributed by atoms with Crippen LogP contribution in [0.3, 0.4) is 0 Å². The molecule has 0 saturated heterocycles. The molecule has 0 aliphatic rings. The molecule has 0 bridgehead atoms. The third-order valence-electron chi connectivity index (χ3n) is 2.47. The van der Waals surface area contributed by atoms with Crippen molar-refractivity contribution < 1.29 is 23.9 Å². The number of carbonyl (C=O) groups excluding carboxylic acids is 1. The molecule has 0 aromatic heterocycles. The first-order valence-corrected chi connectivity index (χ1v) is 5.76. The maximum absolute atomic E-state index is 11.5. The lowest BCUT2D eigenvalue weighted by atomic mass is 9.97. The summed E-state index contributed by atoms with van der Waals surface area (Å²) >= 11 is 0. The lowest BCUT2D eigenvalue weighted by molar-refractivity contribution is -0.889. The second kappa shape index (κ2) is 6.00. The molecule has 100 valence electrons. The average Bonchev–Trinajstić information content (AvgIpc) is 2.13. The summed E-state index contributed by atoms with van der Waals surface area (Å²) in [6.45, 7) is 6.89. The molecule has 0 atom stereocenters. The minimum atomic E-state index is -0.803. The van der Waals surface area contributed by atoms with Crippen LogP contribution >= 0.6 is 0 Å². The maximum atomic E-state index is 11.5. The number of aliphatic carboxylic acids is 1. The van der Waals surface area contributed by atoms with Crippen LogP contribution in [0.4, 0.5) is 0 Å². The van der Waals surface area contributed by atoms with Gasteiger partial charge in [0.15, 0.2) is 0 Å². The predicted molar refractivity (Wildman–Crippen MR) is 64.5 cm³/mol. The molecule has 0 spiro atoms. The highest BCUT2D eigenvalue weighted by Gasteiger charge is 2.24. The van der Waals surface area contributed by atoms with E-state index < -0.39 is 11.4 Å². The number of nitrogens with zero attached hydrogens (tertiary/aromatic N) is 1. The lowest BCUT2D eigenvalue weighted by Crippen LogP contribution is -2.44. The molecule has 0 fully saturated rings. The first-order chi connectivity index (χ1) is 7.54. The Labute approximate surface area is 103 Å². The summed E-state index contributed by atoms with van der Waals surface area (Å²) in [4.78, 5) is 22.0. The molecule has 17 heavy (non-hydrogen) atoms. The van der Waals surface area contributed by atoms with Crippen LogP contribution in [0.2, 0.25) is 0 Å². The summed E-state index contributed by atoms with van der Waals surface area (Å²) in [5.41, 5.74) is -0.488. The third kappa shape index (κ3) is 7.74. The van der Waals surface area contributed by atoms with E-state index in [0.29, 0.717) is 24.2 Å². The summed E-state index contributed by atoms with van der Waals surface area (Å²) in [6.07, 6.45) is 0.125. The monoisotopic (exact) mass is 246 g/mol. The van der Waals surface area contributed by atoms with Gasteiger partial charge in [-0.15, -0.1) is 0 Å². The fourth-order valence-corrected chi connectivity index (χ4v) is 1.11. The van der Waals surface area contributed by atoms with E-state index in [9.17, 15) is 9.59 Å². The number of rotatable bonds is 6. The Morgan fingerprint density at radius 1 is 1.18 bits per heavy atom. The molecule has 5 nitrogen and oxygen atoms in total. The minimum absolute atomic E-state index is 0.125. The zero-order valence-corrected chi connectivity index (χ0v) is 11.4. The first kappa shape index (κ1) is 15.9. The summed E-state index contributed by atoms with van der Waals surface area (Å²) in [5, 5.41) is 8.60. The van der Waals surface area contributed by atoms with Gasteiger partial charge in [-0.25, -0.2) is 0 Å². The van der Waals surface area contributed by atoms with Gasteiger partial charge in [0.05, 0.1) is 32.5 Å². The molecule has 0 heterocycles. The van der Waals surface area contributed by atoms with E-state index in [2.05, 4.69) is 0 Å². The number of quaternary nitrogens is 1. The molecule has 0 unspecified atom stereocenters. The second-order valence-corrected chi connectivity index (χ2v) is 5.91. The number of likely N-dealkylation sites (N-methyl/N-ethyl adjacent to an activating group) is 1. The van der Waals surface area contributed by atoms with E-state index in [0.717, 1.165) is 0 Å². The van der Waals surface area contributed by atoms with Crippen molar-refractivity contribution in [2.45, 2.75) is 27.2 Å². The molecule has 0 rings (SSSR count). The summed E-state index contributed by atoms with van der Waals surface area (Å²) in [6, 6.07) is 0. The van der Waals surface area contributed by atoms with Gasteiger partial charge in [0.1, 0.15) is 13.2 Å². The SMILES string of the molecule is CC(C)(C)C(=O)OCC[N+](C)(C)CCC(=O)O. The Morgan fingerprint density at radius 3 is 2.12 bits per heavy atom. The highest BCUT2D eigenvalue weighted by atomic mass is 16.5. The van der Waals surface area contributed by atoms with Gasteiger partial charge >= 0.3 is 11.9 Å². The van der Waals surface area contributed by atoms with E-state index in [1.807, 2.05) is 14.1 Å². The topological polar surface area (TPSA) is 63.6 Å². The molecule has 0 aliphatic heterocycles. The minimum Gasteiger partial charge on any atom is -0.481 e. The summed E-state index contributed by atoms with van der Waals surface area (Å²) in [7, 11) is 3.85. The van der Waals surface area contributed by atoms with E-state index in [4.69, 9.17) is 9.84 Å². The van der Waals surface area contributed by atoms with E-state index in [1.165, 1.54) is 0 Å². The molecule has 0 radical (unpaired) electrons. The van der Waals surface area contributed by atoms with Crippen LogP contribution in [0.5, 0.6) is 0 Å². The average molecular weight is 246 g/mol. The van der Waals surface area contributed by atoms with Crippen molar-refractivity contribution in [3.63, 3.8) is 0 Å². The fourth-order valence-electron chi connectivity index (χ4n) is 1.11. The molecule has 0 aromatic carbocycles. The van der Waals surface area contributed by atoms with Crippen molar-refractivity contribution in [3.8, 4) is 0 Å². The molecule has 5 heteroatoms. The summed E-state index contributed by atoms with van der Waals surface area (Å²) < 4.78 is 5.68. The van der Waals surface area contributed by atoms with Crippen LogP contribution in [0.25, 0.3) is 0 Å². The molecule has 1 N–H and O–H groups in total. The van der Waals surface area contributed by atoms with Gasteiger partial charge in [0, 0.05) is 0 Å². The van der Waals surface area contributed by atoms with Crippen LogP contribution in [-0.4, -0.2) is 55.3 Å². The Balaban J connectivity index is 3.95. The standard InChI is InChI=1S/C12H23NO4/c1-12(2,3)11(16)17-9-8-13(4,5)7-6-10(14)15/h6-9H2,1-5H3/p+1. The van der Waals surface area contributed by atoms with E-state index in [-0.39, 0.29) is 12.4 Å². The number of ether oxygens (including phenoxy) is 1. The van der Waals surface area contributed by atoms with E-state index >= 15 is 0 Å². The van der Waals surface area contributed by atoms with Crippen molar-refractivity contribution >= 4 is 11.9 Å². The number of hydrogen-bond acceptors (Lipinski definition) is 3. The normalized spacial score (nSPS) is 12.3. The Morgan fingerprint density at radius 2 is 1.71 bits per heavy atom. The number of carboxylic acids is 1. The third-order valence-corrected chi connectivity index (χ3v) is 2.47. The van der Waals surface area contributed by atoms with Crippen LogP contribution < -0.4 is 0 Å². The van der Waals surface area contributed by atoms with Gasteiger partial charge in [-0.3, -0.25) is 9.59 Å². The Bertz CT molecular complexity index is 279. The zero-order valence-electron chi connectivity index (χ0n) is 11.4. The van der Waals surface area contributed by atoms with Crippen molar-refractivity contribution in [1.82, 2.24) is 0 Å².